The Morgan fingerprint density at radius 3 is 2.56 bits per heavy atom. The highest BCUT2D eigenvalue weighted by Crippen LogP contribution is 2.18. The molecule has 0 saturated heterocycles. The highest BCUT2D eigenvalue weighted by atomic mass is 32.2. The Hall–Kier alpha value is -3.05. The van der Waals surface area contributed by atoms with Gasteiger partial charge in [0.15, 0.2) is 0 Å². The third kappa shape index (κ3) is 7.27. The van der Waals surface area contributed by atoms with E-state index in [-0.39, 0.29) is 6.42 Å². The number of aliphatic carboxylic acids is 1. The Morgan fingerprint density at radius 2 is 1.88 bits per heavy atom. The highest BCUT2D eigenvalue weighted by Gasteiger charge is 2.23. The van der Waals surface area contributed by atoms with Crippen LogP contribution in [0.25, 0.3) is 10.9 Å². The van der Waals surface area contributed by atoms with Gasteiger partial charge in [-0.2, -0.15) is 11.8 Å². The first-order valence-corrected chi connectivity index (χ1v) is 11.5. The van der Waals surface area contributed by atoms with Crippen molar-refractivity contribution in [2.45, 2.75) is 37.9 Å². The summed E-state index contributed by atoms with van der Waals surface area (Å²) in [5.74, 6) is -2.26. The van der Waals surface area contributed by atoms with Crippen LogP contribution in [-0.2, 0) is 25.6 Å². The minimum atomic E-state index is -1.14. The topological polar surface area (TPSA) is 166 Å². The molecule has 10 nitrogen and oxygen atoms in total. The van der Waals surface area contributed by atoms with Gasteiger partial charge >= 0.3 is 5.97 Å². The van der Waals surface area contributed by atoms with E-state index in [0.717, 1.165) is 16.5 Å². The fraction of sp³-hybridized carbons (Fsp3) is 0.429. The van der Waals surface area contributed by atoms with Gasteiger partial charge in [-0.3, -0.25) is 14.4 Å². The lowest BCUT2D eigenvalue weighted by Crippen LogP contribution is -2.52. The van der Waals surface area contributed by atoms with Gasteiger partial charge in [0.2, 0.25) is 17.7 Å². The Labute approximate surface area is 190 Å². The third-order valence-electron chi connectivity index (χ3n) is 4.87. The predicted molar refractivity (Wildman–Crippen MR) is 123 cm³/mol. The number of rotatable bonds is 12. The van der Waals surface area contributed by atoms with Crippen molar-refractivity contribution in [2.24, 2.45) is 5.73 Å². The second-order valence-electron chi connectivity index (χ2n) is 7.36. The van der Waals surface area contributed by atoms with Crippen LogP contribution in [0, 0.1) is 0 Å². The molecule has 0 spiro atoms. The molecule has 3 atom stereocenters. The number of amides is 3. The number of hydrogen-bond acceptors (Lipinski definition) is 6. The molecular weight excluding hydrogens is 434 g/mol. The SMILES string of the molecule is CSCCC(NC(=O)CNC(=O)C(C)NC(=O)C(N)Cc1c[nH]c2ccccc12)C(=O)O. The third-order valence-corrected chi connectivity index (χ3v) is 5.51. The van der Waals surface area contributed by atoms with Crippen LogP contribution in [0.2, 0.25) is 0 Å². The molecule has 174 valence electrons. The summed E-state index contributed by atoms with van der Waals surface area (Å²) in [4.78, 5) is 50.9. The predicted octanol–water partition coefficient (Wildman–Crippen LogP) is -0.0189. The molecule has 11 heteroatoms. The quantitative estimate of drug-likeness (QED) is 0.257. The molecule has 0 fully saturated rings. The summed E-state index contributed by atoms with van der Waals surface area (Å²) in [5, 5.41) is 17.4. The van der Waals surface area contributed by atoms with E-state index in [1.807, 2.05) is 30.5 Å². The van der Waals surface area contributed by atoms with E-state index in [1.165, 1.54) is 18.7 Å². The van der Waals surface area contributed by atoms with Crippen molar-refractivity contribution in [3.8, 4) is 0 Å². The van der Waals surface area contributed by atoms with Gasteiger partial charge in [0.1, 0.15) is 12.1 Å². The standard InChI is InChI=1S/C21H29N5O5S/c1-12(19(28)24-11-18(27)26-17(21(30)31)7-8-32-2)25-20(29)15(22)9-13-10-23-16-6-4-3-5-14(13)16/h3-6,10,12,15,17,23H,7-9,11,22H2,1-2H3,(H,24,28)(H,25,29)(H,26,27)(H,30,31). The maximum Gasteiger partial charge on any atom is 0.326 e. The number of H-pyrrole nitrogens is 1. The van der Waals surface area contributed by atoms with E-state index < -0.39 is 48.4 Å². The molecule has 2 aromatic rings. The van der Waals surface area contributed by atoms with Crippen LogP contribution in [0.15, 0.2) is 30.5 Å². The maximum atomic E-state index is 12.4. The van der Waals surface area contributed by atoms with Crippen LogP contribution < -0.4 is 21.7 Å². The van der Waals surface area contributed by atoms with Crippen LogP contribution in [0.1, 0.15) is 18.9 Å². The number of carbonyl (C=O) groups excluding carboxylic acids is 3. The van der Waals surface area contributed by atoms with E-state index >= 15 is 0 Å². The summed E-state index contributed by atoms with van der Waals surface area (Å²) in [6.45, 7) is 1.07. The number of carbonyl (C=O) groups is 4. The van der Waals surface area contributed by atoms with Gasteiger partial charge in [0, 0.05) is 17.1 Å². The van der Waals surface area contributed by atoms with Gasteiger partial charge in [-0.1, -0.05) is 18.2 Å². The normalized spacial score (nSPS) is 13.7. The van der Waals surface area contributed by atoms with Crippen molar-refractivity contribution in [1.82, 2.24) is 20.9 Å². The molecule has 1 heterocycles. The fourth-order valence-corrected chi connectivity index (χ4v) is 3.55. The molecule has 32 heavy (non-hydrogen) atoms. The van der Waals surface area contributed by atoms with E-state index in [0.29, 0.717) is 12.2 Å². The first kappa shape index (κ1) is 25.2. The molecule has 0 bridgehead atoms. The van der Waals surface area contributed by atoms with Crippen molar-refractivity contribution in [1.29, 1.82) is 0 Å². The van der Waals surface area contributed by atoms with E-state index in [4.69, 9.17) is 10.8 Å². The van der Waals surface area contributed by atoms with Gasteiger partial charge in [-0.05, 0) is 43.4 Å². The number of fused-ring (bicyclic) bond motifs is 1. The monoisotopic (exact) mass is 463 g/mol. The van der Waals surface area contributed by atoms with Gasteiger partial charge < -0.3 is 31.8 Å². The zero-order valence-electron chi connectivity index (χ0n) is 18.0. The molecule has 0 aliphatic carbocycles. The van der Waals surface area contributed by atoms with Gasteiger partial charge in [-0.15, -0.1) is 0 Å². The lowest BCUT2D eigenvalue weighted by molar-refractivity contribution is -0.141. The number of aromatic nitrogens is 1. The Balaban J connectivity index is 1.80. The first-order chi connectivity index (χ1) is 15.2. The van der Waals surface area contributed by atoms with Crippen molar-refractivity contribution in [3.05, 3.63) is 36.0 Å². The first-order valence-electron chi connectivity index (χ1n) is 10.1. The minimum absolute atomic E-state index is 0.275. The molecular formula is C21H29N5O5S. The number of nitrogens with two attached hydrogens (primary N) is 1. The fourth-order valence-electron chi connectivity index (χ4n) is 3.08. The number of carboxylic acid groups (broad SMARTS) is 1. The average Bonchev–Trinajstić information content (AvgIpc) is 3.17. The summed E-state index contributed by atoms with van der Waals surface area (Å²) >= 11 is 1.47. The Kier molecular flexibility index (Phi) is 9.54. The van der Waals surface area contributed by atoms with Gasteiger partial charge in [0.05, 0.1) is 12.6 Å². The van der Waals surface area contributed by atoms with E-state index in [2.05, 4.69) is 20.9 Å². The molecule has 1 aromatic carbocycles. The summed E-state index contributed by atoms with van der Waals surface area (Å²) < 4.78 is 0. The van der Waals surface area contributed by atoms with Crippen molar-refractivity contribution in [3.63, 3.8) is 0 Å². The number of carboxylic acids is 1. The number of hydrogen-bond donors (Lipinski definition) is 6. The lowest BCUT2D eigenvalue weighted by atomic mass is 10.0. The largest absolute Gasteiger partial charge is 0.480 e. The lowest BCUT2D eigenvalue weighted by Gasteiger charge is -2.18. The number of nitrogens with one attached hydrogen (secondary N) is 4. The van der Waals surface area contributed by atoms with Crippen LogP contribution in [0.4, 0.5) is 0 Å². The maximum absolute atomic E-state index is 12.4. The van der Waals surface area contributed by atoms with Gasteiger partial charge in [-0.25, -0.2) is 4.79 Å². The molecule has 0 aliphatic heterocycles. The average molecular weight is 464 g/mol. The zero-order valence-corrected chi connectivity index (χ0v) is 18.8. The second kappa shape index (κ2) is 12.1. The Bertz CT molecular complexity index is 963. The molecule has 0 saturated carbocycles. The van der Waals surface area contributed by atoms with E-state index in [9.17, 15) is 19.2 Å². The van der Waals surface area contributed by atoms with Crippen molar-refractivity contribution >= 4 is 46.4 Å². The molecule has 7 N–H and O–H groups in total. The molecule has 3 amide bonds. The molecule has 2 rings (SSSR count). The van der Waals surface area contributed by atoms with Crippen molar-refractivity contribution < 1.29 is 24.3 Å². The number of thioether (sulfide) groups is 1. The van der Waals surface area contributed by atoms with Crippen LogP contribution in [0.5, 0.6) is 0 Å². The summed E-state index contributed by atoms with van der Waals surface area (Å²) in [5.41, 5.74) is 7.85. The smallest absolute Gasteiger partial charge is 0.326 e. The number of aromatic amines is 1. The summed E-state index contributed by atoms with van der Waals surface area (Å²) in [6.07, 6.45) is 4.20. The second-order valence-corrected chi connectivity index (χ2v) is 8.34. The minimum Gasteiger partial charge on any atom is -0.480 e. The summed E-state index contributed by atoms with van der Waals surface area (Å²) in [7, 11) is 0. The zero-order chi connectivity index (χ0) is 23.7. The summed E-state index contributed by atoms with van der Waals surface area (Å²) in [6, 6.07) is 4.86. The number of para-hydroxylation sites is 1. The molecule has 0 radical (unpaired) electrons. The molecule has 3 unspecified atom stereocenters. The molecule has 1 aromatic heterocycles. The van der Waals surface area contributed by atoms with Gasteiger partial charge in [0.25, 0.3) is 0 Å². The molecule has 0 aliphatic rings. The van der Waals surface area contributed by atoms with Crippen LogP contribution in [0.3, 0.4) is 0 Å². The van der Waals surface area contributed by atoms with Crippen molar-refractivity contribution in [2.75, 3.05) is 18.6 Å². The Morgan fingerprint density at radius 1 is 1.16 bits per heavy atom. The number of benzene rings is 1. The van der Waals surface area contributed by atoms with Crippen LogP contribution in [-0.4, -0.2) is 70.5 Å². The van der Waals surface area contributed by atoms with E-state index in [1.54, 1.807) is 6.20 Å². The van der Waals surface area contributed by atoms with Crippen LogP contribution >= 0.6 is 11.8 Å². The highest BCUT2D eigenvalue weighted by molar-refractivity contribution is 7.98.